The van der Waals surface area contributed by atoms with Gasteiger partial charge in [0, 0.05) is 93.2 Å². The van der Waals surface area contributed by atoms with Gasteiger partial charge in [-0.25, -0.2) is 0 Å². The van der Waals surface area contributed by atoms with Crippen LogP contribution in [-0.4, -0.2) is 21.2 Å². The molecule has 3 aromatic heterocycles. The van der Waals surface area contributed by atoms with E-state index in [2.05, 4.69) is 322 Å². The molecule has 11 aromatic rings. The molecule has 2 aliphatic rings. The SMILES string of the molecule is CC(C)(C)c1ccc2c(c1)c1cc(C(C)(C)C)ccc1n2-c1cc2c3c(c1)N(c1c(-c4cc(C(C)(C)C)nc(C(C)(C)C)c4)cccc1-c1cc(C(C)(C)C)nc(C(C)(C)C)c1)c1ccc(-c4ccccc4)cc1B3c1cc(-c3ccccc3)ccc1S2. The van der Waals surface area contributed by atoms with E-state index < -0.39 is 0 Å². The molecule has 0 saturated heterocycles. The third-order valence-electron chi connectivity index (χ3n) is 18.3. The van der Waals surface area contributed by atoms with E-state index in [1.165, 1.54) is 87.1 Å². The fourth-order valence-corrected chi connectivity index (χ4v) is 14.3. The van der Waals surface area contributed by atoms with Crippen LogP contribution in [0.4, 0.5) is 17.1 Å². The van der Waals surface area contributed by atoms with Gasteiger partial charge in [-0.1, -0.05) is 257 Å². The Morgan fingerprint density at radius 3 is 1.23 bits per heavy atom. The van der Waals surface area contributed by atoms with E-state index in [-0.39, 0.29) is 39.2 Å². The molecule has 2 aliphatic heterocycles. The fourth-order valence-electron chi connectivity index (χ4n) is 13.1. The van der Waals surface area contributed by atoms with Gasteiger partial charge in [-0.2, -0.15) is 0 Å². The number of benzene rings is 8. The second-order valence-electron chi connectivity index (χ2n) is 31.3. The van der Waals surface area contributed by atoms with Crippen molar-refractivity contribution < 1.29 is 0 Å². The summed E-state index contributed by atoms with van der Waals surface area (Å²) in [6.45, 7) is 41.5. The molecule has 88 heavy (non-hydrogen) atoms. The van der Waals surface area contributed by atoms with E-state index in [0.29, 0.717) is 0 Å². The highest BCUT2D eigenvalue weighted by Crippen LogP contribution is 2.52. The number of rotatable bonds is 6. The summed E-state index contributed by atoms with van der Waals surface area (Å²) in [5.74, 6) is 0. The zero-order valence-corrected chi connectivity index (χ0v) is 56.0. The van der Waals surface area contributed by atoms with E-state index in [9.17, 15) is 0 Å². The minimum Gasteiger partial charge on any atom is -0.310 e. The molecule has 0 fully saturated rings. The molecule has 0 atom stereocenters. The van der Waals surface area contributed by atoms with Crippen LogP contribution in [-0.2, 0) is 32.5 Å². The number of fused-ring (bicyclic) bond motifs is 7. The first-order chi connectivity index (χ1) is 41.4. The van der Waals surface area contributed by atoms with Crippen LogP contribution in [0.5, 0.6) is 0 Å². The molecule has 4 nitrogen and oxygen atoms in total. The van der Waals surface area contributed by atoms with Crippen molar-refractivity contribution in [2.24, 2.45) is 0 Å². The molecular weight excluding hydrogens is 1080 g/mol. The zero-order valence-electron chi connectivity index (χ0n) is 55.2. The van der Waals surface area contributed by atoms with E-state index >= 15 is 0 Å². The highest BCUT2D eigenvalue weighted by Gasteiger charge is 2.43. The van der Waals surface area contributed by atoms with Crippen molar-refractivity contribution in [3.05, 3.63) is 222 Å². The molecule has 0 N–H and O–H groups in total. The number of pyridine rings is 2. The van der Waals surface area contributed by atoms with Crippen LogP contribution in [0.15, 0.2) is 198 Å². The molecule has 0 unspecified atom stereocenters. The summed E-state index contributed by atoms with van der Waals surface area (Å²) in [4.78, 5) is 16.2. The predicted molar refractivity (Wildman–Crippen MR) is 380 cm³/mol. The molecule has 442 valence electrons. The fraction of sp³-hybridized carbons (Fsp3) is 0.293. The number of nitrogens with zero attached hydrogens (tertiary/aromatic N) is 4. The lowest BCUT2D eigenvalue weighted by atomic mass is 9.34. The average molecular weight is 1170 g/mol. The third-order valence-corrected chi connectivity index (χ3v) is 19.5. The second-order valence-corrected chi connectivity index (χ2v) is 32.3. The molecule has 0 bridgehead atoms. The van der Waals surface area contributed by atoms with Gasteiger partial charge in [-0.15, -0.1) is 0 Å². The van der Waals surface area contributed by atoms with Gasteiger partial charge >= 0.3 is 0 Å². The van der Waals surface area contributed by atoms with Gasteiger partial charge in [-0.05, 0) is 139 Å². The quantitative estimate of drug-likeness (QED) is 0.155. The van der Waals surface area contributed by atoms with Gasteiger partial charge in [0.15, 0.2) is 0 Å². The minimum atomic E-state index is -0.221. The van der Waals surface area contributed by atoms with E-state index in [1.54, 1.807) is 0 Å². The molecule has 0 amide bonds. The highest BCUT2D eigenvalue weighted by molar-refractivity contribution is 8.00. The molecule has 6 heteroatoms. The van der Waals surface area contributed by atoms with Crippen LogP contribution in [0.1, 0.15) is 159 Å². The van der Waals surface area contributed by atoms with Crippen LogP contribution in [0.2, 0.25) is 0 Å². The van der Waals surface area contributed by atoms with Gasteiger partial charge < -0.3 is 9.47 Å². The van der Waals surface area contributed by atoms with Crippen LogP contribution < -0.4 is 21.3 Å². The van der Waals surface area contributed by atoms with Crippen molar-refractivity contribution in [1.29, 1.82) is 0 Å². The lowest BCUT2D eigenvalue weighted by Gasteiger charge is -2.42. The molecule has 0 radical (unpaired) electrons. The Balaban J connectivity index is 1.21. The monoisotopic (exact) mass is 1170 g/mol. The molecule has 0 saturated carbocycles. The minimum absolute atomic E-state index is 0.0365. The number of hydrogen-bond donors (Lipinski definition) is 0. The van der Waals surface area contributed by atoms with Gasteiger partial charge in [-0.3, -0.25) is 9.97 Å². The van der Waals surface area contributed by atoms with Crippen molar-refractivity contribution in [2.75, 3.05) is 4.90 Å². The number of anilines is 3. The Morgan fingerprint density at radius 2 is 0.784 bits per heavy atom. The first kappa shape index (κ1) is 59.1. The Hall–Kier alpha value is -7.93. The maximum Gasteiger partial charge on any atom is 0.249 e. The Morgan fingerprint density at radius 1 is 0.341 bits per heavy atom. The Labute approximate surface area is 529 Å². The van der Waals surface area contributed by atoms with E-state index in [1.807, 2.05) is 11.8 Å². The van der Waals surface area contributed by atoms with Gasteiger partial charge in [0.2, 0.25) is 6.71 Å². The maximum atomic E-state index is 5.50. The van der Waals surface area contributed by atoms with Crippen LogP contribution >= 0.6 is 11.8 Å². The Kier molecular flexibility index (Phi) is 14.0. The van der Waals surface area contributed by atoms with Crippen molar-refractivity contribution in [3.63, 3.8) is 0 Å². The summed E-state index contributed by atoms with van der Waals surface area (Å²) in [5.41, 5.74) is 26.3. The standard InChI is InChI=1S/C82H85BN4S/c1-77(2,3)56-34-37-65-61(46-56)62-47-57(78(4,5)6)35-38-66(62)86(65)58-48-68-75-70(49-58)88-69-39-33-53(51-28-23-20-24-29-51)41-64(69)83(75)63-40-52(50-26-21-19-22-27-50)32-36-67(63)87(68)76-59(54-42-71(79(7,8)9)84-72(43-54)80(10,11)12)30-25-31-60(76)55-44-73(81(13,14)15)85-74(45-55)82(16,17)18/h19-49H,1-18H3. The van der Waals surface area contributed by atoms with Gasteiger partial charge in [0.25, 0.3) is 0 Å². The van der Waals surface area contributed by atoms with E-state index in [0.717, 1.165) is 62.1 Å². The van der Waals surface area contributed by atoms with Crippen molar-refractivity contribution >= 4 is 73.7 Å². The summed E-state index contributed by atoms with van der Waals surface area (Å²) < 4.78 is 2.57. The Bertz CT molecular complexity index is 4350. The smallest absolute Gasteiger partial charge is 0.249 e. The third kappa shape index (κ3) is 10.5. The molecule has 0 spiro atoms. The number of hydrogen-bond acceptors (Lipinski definition) is 4. The highest BCUT2D eigenvalue weighted by atomic mass is 32.2. The first-order valence-electron chi connectivity index (χ1n) is 31.7. The summed E-state index contributed by atoms with van der Waals surface area (Å²) >= 11 is 1.92. The van der Waals surface area contributed by atoms with Gasteiger partial charge in [0.1, 0.15) is 0 Å². The van der Waals surface area contributed by atoms with Crippen LogP contribution in [0, 0.1) is 0 Å². The summed E-state index contributed by atoms with van der Waals surface area (Å²) in [6, 6.07) is 72.6. The normalized spacial score (nSPS) is 13.7. The lowest BCUT2D eigenvalue weighted by molar-refractivity contribution is 0.531. The van der Waals surface area contributed by atoms with Crippen molar-refractivity contribution in [3.8, 4) is 50.2 Å². The molecule has 13 rings (SSSR count). The van der Waals surface area contributed by atoms with E-state index in [4.69, 9.17) is 9.97 Å². The maximum absolute atomic E-state index is 5.50. The largest absolute Gasteiger partial charge is 0.310 e. The van der Waals surface area contributed by atoms with Crippen LogP contribution in [0.3, 0.4) is 0 Å². The van der Waals surface area contributed by atoms with Crippen LogP contribution in [0.25, 0.3) is 72.0 Å². The topological polar surface area (TPSA) is 34.0 Å². The first-order valence-corrected chi connectivity index (χ1v) is 32.6. The average Bonchev–Trinajstić information content (AvgIpc) is 1.01. The second kappa shape index (κ2) is 20.8. The predicted octanol–water partition coefficient (Wildman–Crippen LogP) is 20.8. The molecular formula is C82H85BN4S. The number of para-hydroxylation sites is 1. The van der Waals surface area contributed by atoms with Crippen molar-refractivity contribution in [2.45, 2.75) is 167 Å². The summed E-state index contributed by atoms with van der Waals surface area (Å²) in [5, 5.41) is 2.55. The van der Waals surface area contributed by atoms with Gasteiger partial charge in [0.05, 0.1) is 16.7 Å². The molecule has 0 aliphatic carbocycles. The number of aromatic nitrogens is 3. The summed E-state index contributed by atoms with van der Waals surface area (Å²) in [7, 11) is 0. The van der Waals surface area contributed by atoms with Crippen molar-refractivity contribution in [1.82, 2.24) is 14.5 Å². The summed E-state index contributed by atoms with van der Waals surface area (Å²) in [6.07, 6.45) is 0. The zero-order chi connectivity index (χ0) is 62.4. The molecule has 5 heterocycles. The molecule has 8 aromatic carbocycles. The lowest BCUT2D eigenvalue weighted by Crippen LogP contribution is -2.60.